The van der Waals surface area contributed by atoms with E-state index in [0.717, 1.165) is 6.54 Å². The lowest BCUT2D eigenvalue weighted by Crippen LogP contribution is -2.42. The average molecular weight is 219 g/mol. The summed E-state index contributed by atoms with van der Waals surface area (Å²) in [6.45, 7) is 7.46. The van der Waals surface area contributed by atoms with Crippen molar-refractivity contribution in [1.82, 2.24) is 4.90 Å². The van der Waals surface area contributed by atoms with Gasteiger partial charge in [-0.25, -0.2) is 0 Å². The van der Waals surface area contributed by atoms with E-state index in [1.807, 2.05) is 25.8 Å². The Balaban J connectivity index is 3.97. The molecule has 0 aromatic carbocycles. The summed E-state index contributed by atoms with van der Waals surface area (Å²) < 4.78 is 4.86. The van der Waals surface area contributed by atoms with Crippen LogP contribution in [0.2, 0.25) is 0 Å². The summed E-state index contributed by atoms with van der Waals surface area (Å²) in [4.78, 5) is 2.01. The summed E-state index contributed by atoms with van der Waals surface area (Å²) in [6, 6.07) is 0. The van der Waals surface area contributed by atoms with Crippen LogP contribution < -0.4 is 0 Å². The average Bonchev–Trinajstić information content (AvgIpc) is 2.02. The highest BCUT2D eigenvalue weighted by atomic mass is 16.5. The maximum Gasteiger partial charge on any atom is 0.0899 e. The third-order valence-corrected chi connectivity index (χ3v) is 2.69. The molecule has 0 saturated heterocycles. The van der Waals surface area contributed by atoms with Gasteiger partial charge < -0.3 is 19.8 Å². The van der Waals surface area contributed by atoms with E-state index < -0.39 is 6.10 Å². The Hall–Kier alpha value is -0.160. The smallest absolute Gasteiger partial charge is 0.0899 e. The first kappa shape index (κ1) is 14.8. The van der Waals surface area contributed by atoms with Crippen molar-refractivity contribution in [2.75, 3.05) is 33.9 Å². The first-order valence-corrected chi connectivity index (χ1v) is 5.33. The zero-order valence-corrected chi connectivity index (χ0v) is 10.5. The van der Waals surface area contributed by atoms with Crippen LogP contribution in [0.25, 0.3) is 0 Å². The van der Waals surface area contributed by atoms with Gasteiger partial charge in [-0.15, -0.1) is 0 Å². The number of methoxy groups -OCH3 is 1. The lowest BCUT2D eigenvalue weighted by molar-refractivity contribution is 0.0102. The van der Waals surface area contributed by atoms with Gasteiger partial charge in [-0.2, -0.15) is 0 Å². The first-order valence-electron chi connectivity index (χ1n) is 5.33. The molecule has 15 heavy (non-hydrogen) atoms. The van der Waals surface area contributed by atoms with E-state index in [4.69, 9.17) is 4.74 Å². The topological polar surface area (TPSA) is 52.9 Å². The summed E-state index contributed by atoms with van der Waals surface area (Å²) in [5.74, 6) is 0. The number of hydrogen-bond acceptors (Lipinski definition) is 4. The third-order valence-electron chi connectivity index (χ3n) is 2.69. The van der Waals surface area contributed by atoms with E-state index in [2.05, 4.69) is 0 Å². The molecule has 0 spiro atoms. The van der Waals surface area contributed by atoms with Crippen LogP contribution in [0.4, 0.5) is 0 Å². The molecule has 0 aliphatic rings. The highest BCUT2D eigenvalue weighted by Crippen LogP contribution is 2.21. The van der Waals surface area contributed by atoms with Gasteiger partial charge in [-0.1, -0.05) is 13.8 Å². The lowest BCUT2D eigenvalue weighted by atomic mass is 9.87. The molecule has 92 valence electrons. The second-order valence-electron chi connectivity index (χ2n) is 4.97. The van der Waals surface area contributed by atoms with Crippen molar-refractivity contribution < 1.29 is 14.9 Å². The summed E-state index contributed by atoms with van der Waals surface area (Å²) in [5, 5.41) is 19.1. The lowest BCUT2D eigenvalue weighted by Gasteiger charge is -2.33. The number of rotatable bonds is 7. The number of aliphatic hydroxyl groups is 2. The van der Waals surface area contributed by atoms with Crippen LogP contribution in [-0.2, 0) is 4.74 Å². The summed E-state index contributed by atoms with van der Waals surface area (Å²) in [6.07, 6.45) is -0.829. The molecule has 0 aromatic heterocycles. The Morgan fingerprint density at radius 2 is 1.87 bits per heavy atom. The van der Waals surface area contributed by atoms with Gasteiger partial charge in [0.2, 0.25) is 0 Å². The van der Waals surface area contributed by atoms with Crippen molar-refractivity contribution in [2.24, 2.45) is 5.41 Å². The molecule has 4 heteroatoms. The number of likely N-dealkylation sites (N-methyl/N-ethyl adjacent to an activating group) is 1. The molecular formula is C11H25NO3. The zero-order valence-electron chi connectivity index (χ0n) is 10.5. The van der Waals surface area contributed by atoms with Crippen LogP contribution in [-0.4, -0.2) is 61.2 Å². The summed E-state index contributed by atoms with van der Waals surface area (Å²) >= 11 is 0. The Kier molecular flexibility index (Phi) is 6.36. The standard InChI is InChI=1S/C11H25NO3/c1-9(13)11(2,3)8-12(4)6-10(14)7-15-5/h9-10,13-14H,6-8H2,1-5H3. The van der Waals surface area contributed by atoms with E-state index in [1.165, 1.54) is 0 Å². The van der Waals surface area contributed by atoms with Crippen LogP contribution in [0.15, 0.2) is 0 Å². The van der Waals surface area contributed by atoms with Crippen molar-refractivity contribution in [1.29, 1.82) is 0 Å². The maximum atomic E-state index is 9.55. The van der Waals surface area contributed by atoms with Gasteiger partial charge in [0.1, 0.15) is 0 Å². The molecule has 2 unspecified atom stereocenters. The zero-order chi connectivity index (χ0) is 12.1. The van der Waals surface area contributed by atoms with Gasteiger partial charge in [-0.3, -0.25) is 0 Å². The van der Waals surface area contributed by atoms with E-state index in [-0.39, 0.29) is 11.5 Å². The molecular weight excluding hydrogens is 194 g/mol. The summed E-state index contributed by atoms with van der Waals surface area (Å²) in [5.41, 5.74) is -0.165. The predicted molar refractivity (Wildman–Crippen MR) is 60.8 cm³/mol. The second kappa shape index (κ2) is 6.43. The highest BCUT2D eigenvalue weighted by molar-refractivity contribution is 4.78. The largest absolute Gasteiger partial charge is 0.393 e. The van der Waals surface area contributed by atoms with Gasteiger partial charge in [-0.05, 0) is 14.0 Å². The van der Waals surface area contributed by atoms with Gasteiger partial charge in [0.15, 0.2) is 0 Å². The van der Waals surface area contributed by atoms with E-state index >= 15 is 0 Å². The fourth-order valence-electron chi connectivity index (χ4n) is 1.50. The van der Waals surface area contributed by atoms with E-state index in [9.17, 15) is 10.2 Å². The Morgan fingerprint density at radius 3 is 2.27 bits per heavy atom. The van der Waals surface area contributed by atoms with Gasteiger partial charge in [0, 0.05) is 25.6 Å². The minimum absolute atomic E-state index is 0.165. The maximum absolute atomic E-state index is 9.55. The first-order chi connectivity index (χ1) is 6.79. The minimum atomic E-state index is -0.468. The Morgan fingerprint density at radius 1 is 1.33 bits per heavy atom. The fraction of sp³-hybridized carbons (Fsp3) is 1.00. The normalized spacial score (nSPS) is 16.8. The monoisotopic (exact) mass is 219 g/mol. The molecule has 0 heterocycles. The number of ether oxygens (including phenoxy) is 1. The summed E-state index contributed by atoms with van der Waals surface area (Å²) in [7, 11) is 3.51. The molecule has 0 aliphatic heterocycles. The molecule has 2 N–H and O–H groups in total. The van der Waals surface area contributed by atoms with Crippen molar-refractivity contribution in [3.8, 4) is 0 Å². The molecule has 0 rings (SSSR count). The SMILES string of the molecule is COCC(O)CN(C)CC(C)(C)C(C)O. The minimum Gasteiger partial charge on any atom is -0.393 e. The molecule has 0 saturated carbocycles. The molecule has 0 aromatic rings. The molecule has 2 atom stereocenters. The predicted octanol–water partition coefficient (Wildman–Crippen LogP) is 0.333. The Bertz CT molecular complexity index is 171. The second-order valence-corrected chi connectivity index (χ2v) is 4.97. The fourth-order valence-corrected chi connectivity index (χ4v) is 1.50. The molecule has 0 amide bonds. The number of aliphatic hydroxyl groups excluding tert-OH is 2. The molecule has 0 aliphatic carbocycles. The third kappa shape index (κ3) is 6.10. The number of nitrogens with zero attached hydrogens (tertiary/aromatic N) is 1. The molecule has 4 nitrogen and oxygen atoms in total. The van der Waals surface area contributed by atoms with Gasteiger partial charge in [0.05, 0.1) is 18.8 Å². The Labute approximate surface area is 92.9 Å². The van der Waals surface area contributed by atoms with Crippen LogP contribution in [0.1, 0.15) is 20.8 Å². The molecule has 0 bridgehead atoms. The quantitative estimate of drug-likeness (QED) is 0.648. The highest BCUT2D eigenvalue weighted by Gasteiger charge is 2.26. The van der Waals surface area contributed by atoms with Gasteiger partial charge >= 0.3 is 0 Å². The van der Waals surface area contributed by atoms with Crippen LogP contribution >= 0.6 is 0 Å². The van der Waals surface area contributed by atoms with Crippen LogP contribution in [0, 0.1) is 5.41 Å². The van der Waals surface area contributed by atoms with E-state index in [0.29, 0.717) is 13.2 Å². The van der Waals surface area contributed by atoms with Gasteiger partial charge in [0.25, 0.3) is 0 Å². The molecule has 0 radical (unpaired) electrons. The van der Waals surface area contributed by atoms with Crippen molar-refractivity contribution in [2.45, 2.75) is 33.0 Å². The van der Waals surface area contributed by atoms with Crippen LogP contribution in [0.3, 0.4) is 0 Å². The van der Waals surface area contributed by atoms with Crippen molar-refractivity contribution >= 4 is 0 Å². The van der Waals surface area contributed by atoms with Crippen LogP contribution in [0.5, 0.6) is 0 Å². The van der Waals surface area contributed by atoms with Crippen molar-refractivity contribution in [3.63, 3.8) is 0 Å². The van der Waals surface area contributed by atoms with E-state index in [1.54, 1.807) is 14.0 Å². The van der Waals surface area contributed by atoms with Crippen molar-refractivity contribution in [3.05, 3.63) is 0 Å². The number of hydrogen-bond donors (Lipinski definition) is 2. The molecule has 0 fully saturated rings.